The number of methoxy groups -OCH3 is 1. The highest BCUT2D eigenvalue weighted by Crippen LogP contribution is 2.16. The molecular formula is C18H23NO2. The van der Waals surface area contributed by atoms with E-state index in [4.69, 9.17) is 4.74 Å². The topological polar surface area (TPSA) is 41.5 Å². The quantitative estimate of drug-likeness (QED) is 0.768. The van der Waals surface area contributed by atoms with Crippen molar-refractivity contribution in [1.29, 1.82) is 0 Å². The van der Waals surface area contributed by atoms with Crippen molar-refractivity contribution in [1.82, 2.24) is 5.32 Å². The van der Waals surface area contributed by atoms with E-state index in [2.05, 4.69) is 5.32 Å². The number of benzene rings is 2. The van der Waals surface area contributed by atoms with Crippen LogP contribution in [0.4, 0.5) is 0 Å². The zero-order valence-corrected chi connectivity index (χ0v) is 12.7. The van der Waals surface area contributed by atoms with E-state index < -0.39 is 5.72 Å². The first-order valence-corrected chi connectivity index (χ1v) is 7.29. The van der Waals surface area contributed by atoms with Crippen LogP contribution in [-0.2, 0) is 13.0 Å². The lowest BCUT2D eigenvalue weighted by Crippen LogP contribution is -2.46. The van der Waals surface area contributed by atoms with Crippen LogP contribution in [-0.4, -0.2) is 17.9 Å². The van der Waals surface area contributed by atoms with Crippen molar-refractivity contribution < 1.29 is 9.84 Å². The summed E-state index contributed by atoms with van der Waals surface area (Å²) < 4.78 is 5.14. The van der Waals surface area contributed by atoms with Crippen molar-refractivity contribution in [2.45, 2.75) is 32.0 Å². The van der Waals surface area contributed by atoms with Crippen LogP contribution in [0, 0.1) is 0 Å². The van der Waals surface area contributed by atoms with Gasteiger partial charge >= 0.3 is 0 Å². The second-order valence-electron chi connectivity index (χ2n) is 5.25. The Labute approximate surface area is 126 Å². The second-order valence-corrected chi connectivity index (χ2v) is 5.25. The van der Waals surface area contributed by atoms with Gasteiger partial charge in [-0.2, -0.15) is 0 Å². The van der Waals surface area contributed by atoms with Crippen LogP contribution in [0.5, 0.6) is 5.75 Å². The van der Waals surface area contributed by atoms with E-state index in [9.17, 15) is 5.11 Å². The SMILES string of the molecule is CC[C@@](O)(Cc1ccccc1)NCc1ccc(OC)cc1. The molecule has 2 aromatic carbocycles. The third-order valence-electron chi connectivity index (χ3n) is 3.70. The molecule has 0 aliphatic heterocycles. The molecule has 1 atom stereocenters. The normalized spacial score (nSPS) is 13.7. The molecule has 3 heteroatoms. The highest BCUT2D eigenvalue weighted by atomic mass is 16.5. The Balaban J connectivity index is 1.97. The summed E-state index contributed by atoms with van der Waals surface area (Å²) in [4.78, 5) is 0. The molecular weight excluding hydrogens is 262 g/mol. The van der Waals surface area contributed by atoms with Gasteiger partial charge in [0.25, 0.3) is 0 Å². The molecule has 2 N–H and O–H groups in total. The molecule has 0 bridgehead atoms. The van der Waals surface area contributed by atoms with Crippen LogP contribution in [0.1, 0.15) is 24.5 Å². The second kappa shape index (κ2) is 7.25. The number of rotatable bonds is 7. The fourth-order valence-corrected chi connectivity index (χ4v) is 2.26. The summed E-state index contributed by atoms with van der Waals surface area (Å²) in [5.74, 6) is 0.841. The Kier molecular flexibility index (Phi) is 5.37. The van der Waals surface area contributed by atoms with Gasteiger partial charge in [-0.1, -0.05) is 49.4 Å². The standard InChI is InChI=1S/C18H23NO2/c1-3-18(20,13-15-7-5-4-6-8-15)19-14-16-9-11-17(21-2)12-10-16/h4-12,19-20H,3,13-14H2,1-2H3/t18-/m1/s1. The number of aliphatic hydroxyl groups is 1. The summed E-state index contributed by atoms with van der Waals surface area (Å²) in [6.45, 7) is 2.62. The lowest BCUT2D eigenvalue weighted by Gasteiger charge is -2.28. The summed E-state index contributed by atoms with van der Waals surface area (Å²) in [5.41, 5.74) is 1.36. The number of hydrogen-bond donors (Lipinski definition) is 2. The molecule has 0 radical (unpaired) electrons. The minimum atomic E-state index is -0.888. The lowest BCUT2D eigenvalue weighted by molar-refractivity contribution is -0.000207. The van der Waals surface area contributed by atoms with Crippen molar-refractivity contribution in [3.8, 4) is 5.75 Å². The fourth-order valence-electron chi connectivity index (χ4n) is 2.26. The number of nitrogens with one attached hydrogen (secondary N) is 1. The Morgan fingerprint density at radius 2 is 1.67 bits per heavy atom. The van der Waals surface area contributed by atoms with Crippen molar-refractivity contribution in [3.63, 3.8) is 0 Å². The molecule has 0 spiro atoms. The molecule has 2 rings (SSSR count). The highest BCUT2D eigenvalue weighted by Gasteiger charge is 2.24. The number of hydrogen-bond acceptors (Lipinski definition) is 3. The van der Waals surface area contributed by atoms with Gasteiger partial charge in [0.15, 0.2) is 0 Å². The maximum absolute atomic E-state index is 10.7. The zero-order chi connectivity index (χ0) is 15.1. The molecule has 0 heterocycles. The predicted molar refractivity (Wildman–Crippen MR) is 85.2 cm³/mol. The van der Waals surface area contributed by atoms with Crippen LogP contribution in [0.3, 0.4) is 0 Å². The average Bonchev–Trinajstić information content (AvgIpc) is 2.54. The van der Waals surface area contributed by atoms with E-state index in [1.165, 1.54) is 0 Å². The van der Waals surface area contributed by atoms with Crippen molar-refractivity contribution in [3.05, 3.63) is 65.7 Å². The predicted octanol–water partition coefficient (Wildman–Crippen LogP) is 3.13. The van der Waals surface area contributed by atoms with Gasteiger partial charge in [0.2, 0.25) is 0 Å². The van der Waals surface area contributed by atoms with Gasteiger partial charge in [-0.05, 0) is 29.7 Å². The van der Waals surface area contributed by atoms with E-state index in [1.54, 1.807) is 7.11 Å². The summed E-state index contributed by atoms with van der Waals surface area (Å²) in [6, 6.07) is 17.9. The van der Waals surface area contributed by atoms with Crippen LogP contribution in [0.25, 0.3) is 0 Å². The van der Waals surface area contributed by atoms with Gasteiger partial charge in [-0.3, -0.25) is 5.32 Å². The van der Waals surface area contributed by atoms with Crippen LogP contribution in [0.15, 0.2) is 54.6 Å². The lowest BCUT2D eigenvalue weighted by atomic mass is 9.99. The van der Waals surface area contributed by atoms with Gasteiger partial charge in [-0.15, -0.1) is 0 Å². The van der Waals surface area contributed by atoms with Crippen LogP contribution < -0.4 is 10.1 Å². The van der Waals surface area contributed by atoms with Gasteiger partial charge in [0.05, 0.1) is 7.11 Å². The van der Waals surface area contributed by atoms with E-state index in [0.717, 1.165) is 16.9 Å². The van der Waals surface area contributed by atoms with E-state index in [0.29, 0.717) is 19.4 Å². The smallest absolute Gasteiger partial charge is 0.120 e. The van der Waals surface area contributed by atoms with Crippen molar-refractivity contribution in [2.24, 2.45) is 0 Å². The average molecular weight is 285 g/mol. The molecule has 0 saturated carbocycles. The molecule has 0 unspecified atom stereocenters. The Morgan fingerprint density at radius 1 is 1.00 bits per heavy atom. The van der Waals surface area contributed by atoms with Gasteiger partial charge in [0.1, 0.15) is 11.5 Å². The van der Waals surface area contributed by atoms with Gasteiger partial charge in [-0.25, -0.2) is 0 Å². The summed E-state index contributed by atoms with van der Waals surface area (Å²) >= 11 is 0. The van der Waals surface area contributed by atoms with E-state index in [-0.39, 0.29) is 0 Å². The molecule has 0 amide bonds. The summed E-state index contributed by atoms with van der Waals surface area (Å²) in [5, 5.41) is 14.0. The first-order chi connectivity index (χ1) is 10.1. The van der Waals surface area contributed by atoms with E-state index >= 15 is 0 Å². The minimum Gasteiger partial charge on any atom is -0.497 e. The van der Waals surface area contributed by atoms with Crippen molar-refractivity contribution >= 4 is 0 Å². The molecule has 0 fully saturated rings. The monoisotopic (exact) mass is 285 g/mol. The molecule has 112 valence electrons. The summed E-state index contributed by atoms with van der Waals surface area (Å²) in [7, 11) is 1.66. The Bertz CT molecular complexity index is 539. The number of ether oxygens (including phenoxy) is 1. The summed E-state index contributed by atoms with van der Waals surface area (Å²) in [6.07, 6.45) is 1.25. The molecule has 2 aromatic rings. The molecule has 0 aliphatic rings. The first-order valence-electron chi connectivity index (χ1n) is 7.29. The Hall–Kier alpha value is -1.84. The zero-order valence-electron chi connectivity index (χ0n) is 12.7. The molecule has 0 saturated heterocycles. The van der Waals surface area contributed by atoms with Crippen LogP contribution in [0.2, 0.25) is 0 Å². The van der Waals surface area contributed by atoms with Gasteiger partial charge in [0, 0.05) is 13.0 Å². The highest BCUT2D eigenvalue weighted by molar-refractivity contribution is 5.27. The molecule has 0 aliphatic carbocycles. The molecule has 0 aromatic heterocycles. The van der Waals surface area contributed by atoms with Crippen molar-refractivity contribution in [2.75, 3.05) is 7.11 Å². The fraction of sp³-hybridized carbons (Fsp3) is 0.333. The Morgan fingerprint density at radius 3 is 2.24 bits per heavy atom. The van der Waals surface area contributed by atoms with Gasteiger partial charge < -0.3 is 9.84 Å². The van der Waals surface area contributed by atoms with E-state index in [1.807, 2.05) is 61.5 Å². The van der Waals surface area contributed by atoms with Crippen LogP contribution >= 0.6 is 0 Å². The maximum Gasteiger partial charge on any atom is 0.120 e. The third-order valence-corrected chi connectivity index (χ3v) is 3.70. The minimum absolute atomic E-state index is 0.598. The molecule has 3 nitrogen and oxygen atoms in total. The largest absolute Gasteiger partial charge is 0.497 e. The molecule has 21 heavy (non-hydrogen) atoms. The first kappa shape index (κ1) is 15.5. The maximum atomic E-state index is 10.7. The third kappa shape index (κ3) is 4.59.